The van der Waals surface area contributed by atoms with Crippen LogP contribution in [0.5, 0.6) is 0 Å². The summed E-state index contributed by atoms with van der Waals surface area (Å²) in [6.07, 6.45) is 5.61. The number of rotatable bonds is 2. The zero-order valence-electron chi connectivity index (χ0n) is 11.6. The normalized spacial score (nSPS) is 16.1. The minimum absolute atomic E-state index is 0.315. The molecule has 0 atom stereocenters. The lowest BCUT2D eigenvalue weighted by molar-refractivity contribution is 0.0943. The van der Waals surface area contributed by atoms with Gasteiger partial charge in [-0.2, -0.15) is 0 Å². The predicted octanol–water partition coefficient (Wildman–Crippen LogP) is 2.42. The van der Waals surface area contributed by atoms with Crippen molar-refractivity contribution in [2.75, 3.05) is 0 Å². The van der Waals surface area contributed by atoms with E-state index in [1.54, 1.807) is 6.07 Å². The van der Waals surface area contributed by atoms with E-state index in [9.17, 15) is 9.18 Å². The van der Waals surface area contributed by atoms with E-state index in [-0.39, 0.29) is 5.69 Å². The maximum Gasteiger partial charge on any atom is 0.288 e. The summed E-state index contributed by atoms with van der Waals surface area (Å²) >= 11 is 0. The summed E-state index contributed by atoms with van der Waals surface area (Å²) in [5.74, 6) is 3.98. The first kappa shape index (κ1) is 13.9. The van der Waals surface area contributed by atoms with E-state index in [1.807, 2.05) is 17.6 Å². The van der Waals surface area contributed by atoms with Crippen molar-refractivity contribution in [1.29, 1.82) is 0 Å². The largest absolute Gasteiger partial charge is 0.289 e. The highest BCUT2D eigenvalue weighted by atomic mass is 19.1. The average Bonchev–Trinajstić information content (AvgIpc) is 2.55. The van der Waals surface area contributed by atoms with Crippen LogP contribution in [0.3, 0.4) is 0 Å². The number of halogens is 1. The zero-order valence-corrected chi connectivity index (χ0v) is 11.6. The molecule has 1 aromatic carbocycles. The molecule has 1 aromatic heterocycles. The van der Waals surface area contributed by atoms with Gasteiger partial charge in [0.1, 0.15) is 0 Å². The van der Waals surface area contributed by atoms with E-state index in [2.05, 4.69) is 10.2 Å². The Hall–Kier alpha value is -2.08. The quantitative estimate of drug-likeness (QED) is 0.505. The van der Waals surface area contributed by atoms with Crippen LogP contribution in [0.15, 0.2) is 18.2 Å². The van der Waals surface area contributed by atoms with Gasteiger partial charge in [0.05, 0.1) is 5.52 Å². The summed E-state index contributed by atoms with van der Waals surface area (Å²) in [7, 11) is 0. The van der Waals surface area contributed by atoms with Crippen LogP contribution < -0.4 is 11.3 Å². The SMILES string of the molecule is NNC(=O)c1nnc2cccc(C3CCCCC3)c2c1F. The number of nitrogens with one attached hydrogen (secondary N) is 1. The van der Waals surface area contributed by atoms with E-state index in [0.29, 0.717) is 16.8 Å². The van der Waals surface area contributed by atoms with Crippen LogP contribution in [0.1, 0.15) is 54.1 Å². The molecule has 0 spiro atoms. The van der Waals surface area contributed by atoms with Crippen LogP contribution in [0, 0.1) is 5.82 Å². The minimum Gasteiger partial charge on any atom is -0.289 e. The number of benzene rings is 1. The third-order valence-corrected chi connectivity index (χ3v) is 4.15. The number of nitrogens with two attached hydrogens (primary N) is 1. The number of nitrogen functional groups attached to an aromatic ring is 1. The molecule has 3 rings (SSSR count). The zero-order chi connectivity index (χ0) is 14.8. The number of hydrogen-bond acceptors (Lipinski definition) is 4. The van der Waals surface area contributed by atoms with Crippen molar-refractivity contribution in [3.8, 4) is 0 Å². The van der Waals surface area contributed by atoms with E-state index in [1.165, 1.54) is 6.42 Å². The Balaban J connectivity index is 2.17. The molecule has 1 heterocycles. The lowest BCUT2D eigenvalue weighted by atomic mass is 9.82. The first-order valence-electron chi connectivity index (χ1n) is 7.18. The van der Waals surface area contributed by atoms with Crippen molar-refractivity contribution in [3.63, 3.8) is 0 Å². The molecule has 1 aliphatic rings. The molecule has 0 aliphatic heterocycles. The van der Waals surface area contributed by atoms with Crippen LogP contribution >= 0.6 is 0 Å². The first-order chi connectivity index (χ1) is 10.2. The Kier molecular flexibility index (Phi) is 3.79. The average molecular weight is 288 g/mol. The molecular formula is C15H17FN4O. The molecule has 21 heavy (non-hydrogen) atoms. The van der Waals surface area contributed by atoms with Gasteiger partial charge in [-0.3, -0.25) is 10.2 Å². The van der Waals surface area contributed by atoms with Gasteiger partial charge in [-0.15, -0.1) is 10.2 Å². The fourth-order valence-electron chi connectivity index (χ4n) is 3.11. The van der Waals surface area contributed by atoms with Gasteiger partial charge in [0.2, 0.25) is 0 Å². The molecule has 0 saturated heterocycles. The summed E-state index contributed by atoms with van der Waals surface area (Å²) in [4.78, 5) is 11.6. The van der Waals surface area contributed by atoms with Crippen LogP contribution in [-0.4, -0.2) is 16.1 Å². The number of carbonyl (C=O) groups excluding carboxylic acids is 1. The molecule has 6 heteroatoms. The van der Waals surface area contributed by atoms with Crippen molar-refractivity contribution in [2.45, 2.75) is 38.0 Å². The summed E-state index contributed by atoms with van der Waals surface area (Å²) in [5, 5.41) is 8.01. The Morgan fingerprint density at radius 3 is 2.71 bits per heavy atom. The molecule has 1 aliphatic carbocycles. The smallest absolute Gasteiger partial charge is 0.288 e. The lowest BCUT2D eigenvalue weighted by Crippen LogP contribution is -2.32. The summed E-state index contributed by atoms with van der Waals surface area (Å²) in [6, 6.07) is 5.50. The Morgan fingerprint density at radius 2 is 2.00 bits per heavy atom. The molecule has 3 N–H and O–H groups in total. The molecule has 110 valence electrons. The van der Waals surface area contributed by atoms with Gasteiger partial charge in [0.15, 0.2) is 11.5 Å². The molecule has 1 amide bonds. The van der Waals surface area contributed by atoms with Gasteiger partial charge in [-0.25, -0.2) is 10.2 Å². The van der Waals surface area contributed by atoms with Gasteiger partial charge < -0.3 is 0 Å². The molecule has 1 fully saturated rings. The van der Waals surface area contributed by atoms with Crippen molar-refractivity contribution in [3.05, 3.63) is 35.3 Å². The number of amides is 1. The van der Waals surface area contributed by atoms with Crippen LogP contribution in [0.25, 0.3) is 10.9 Å². The fraction of sp³-hybridized carbons (Fsp3) is 0.400. The summed E-state index contributed by atoms with van der Waals surface area (Å²) in [5.41, 5.74) is 2.95. The third kappa shape index (κ3) is 2.47. The first-order valence-corrected chi connectivity index (χ1v) is 7.18. The number of aromatic nitrogens is 2. The molecular weight excluding hydrogens is 271 g/mol. The molecule has 0 radical (unpaired) electrons. The second-order valence-corrected chi connectivity index (χ2v) is 5.41. The number of fused-ring (bicyclic) bond motifs is 1. The van der Waals surface area contributed by atoms with Gasteiger partial charge in [-0.1, -0.05) is 31.4 Å². The second kappa shape index (κ2) is 5.73. The Morgan fingerprint density at radius 1 is 1.24 bits per heavy atom. The minimum atomic E-state index is -0.764. The van der Waals surface area contributed by atoms with E-state index in [4.69, 9.17) is 5.84 Å². The third-order valence-electron chi connectivity index (χ3n) is 4.15. The number of carbonyl (C=O) groups is 1. The van der Waals surface area contributed by atoms with Crippen molar-refractivity contribution >= 4 is 16.8 Å². The lowest BCUT2D eigenvalue weighted by Gasteiger charge is -2.23. The summed E-state index contributed by atoms with van der Waals surface area (Å²) in [6.45, 7) is 0. The highest BCUT2D eigenvalue weighted by molar-refractivity contribution is 5.96. The predicted molar refractivity (Wildman–Crippen MR) is 77.0 cm³/mol. The monoisotopic (exact) mass is 288 g/mol. The molecule has 1 saturated carbocycles. The van der Waals surface area contributed by atoms with Gasteiger partial charge in [0.25, 0.3) is 5.91 Å². The Bertz CT molecular complexity index is 683. The van der Waals surface area contributed by atoms with Gasteiger partial charge in [0, 0.05) is 5.39 Å². The highest BCUT2D eigenvalue weighted by Crippen LogP contribution is 2.36. The maximum absolute atomic E-state index is 14.7. The van der Waals surface area contributed by atoms with Crippen LogP contribution in [0.4, 0.5) is 4.39 Å². The van der Waals surface area contributed by atoms with Crippen LogP contribution in [-0.2, 0) is 0 Å². The van der Waals surface area contributed by atoms with Crippen LogP contribution in [0.2, 0.25) is 0 Å². The second-order valence-electron chi connectivity index (χ2n) is 5.41. The van der Waals surface area contributed by atoms with Crippen molar-refractivity contribution < 1.29 is 9.18 Å². The number of nitrogens with zero attached hydrogens (tertiary/aromatic N) is 2. The van der Waals surface area contributed by atoms with Gasteiger partial charge >= 0.3 is 0 Å². The van der Waals surface area contributed by atoms with E-state index >= 15 is 0 Å². The molecule has 0 unspecified atom stereocenters. The highest BCUT2D eigenvalue weighted by Gasteiger charge is 2.23. The van der Waals surface area contributed by atoms with Gasteiger partial charge in [-0.05, 0) is 30.4 Å². The summed E-state index contributed by atoms with van der Waals surface area (Å²) < 4.78 is 14.7. The number of hydrazine groups is 1. The topological polar surface area (TPSA) is 80.9 Å². The maximum atomic E-state index is 14.7. The number of hydrogen-bond donors (Lipinski definition) is 2. The van der Waals surface area contributed by atoms with E-state index < -0.39 is 11.7 Å². The molecule has 5 nitrogen and oxygen atoms in total. The Labute approximate surface area is 121 Å². The van der Waals surface area contributed by atoms with Crippen molar-refractivity contribution in [2.24, 2.45) is 5.84 Å². The standard InChI is InChI=1S/C15H17FN4O/c16-13-12-10(9-5-2-1-3-6-9)7-4-8-11(12)19-20-14(13)15(21)18-17/h4,7-9H,1-3,5-6,17H2,(H,18,21). The van der Waals surface area contributed by atoms with E-state index in [0.717, 1.165) is 31.2 Å². The fourth-order valence-corrected chi connectivity index (χ4v) is 3.11. The van der Waals surface area contributed by atoms with Crippen molar-refractivity contribution in [1.82, 2.24) is 15.6 Å². The molecule has 0 bridgehead atoms. The molecule has 2 aromatic rings.